The molecule has 0 saturated carbocycles. The number of nitro benzene ring substituents is 9. The molecular formula is C48H48AlN15O21. The number of pyridine rings is 3. The van der Waals surface area contributed by atoms with Gasteiger partial charge >= 0.3 is 17.4 Å². The zero-order chi connectivity index (χ0) is 62.5. The van der Waals surface area contributed by atoms with Gasteiger partial charge < -0.3 is 15.3 Å². The third-order valence-corrected chi connectivity index (χ3v) is 12.7. The molecule has 36 nitrogen and oxygen atoms in total. The number of non-ortho nitro benzene ring substituents is 3. The van der Waals surface area contributed by atoms with E-state index in [0.29, 0.717) is 54.5 Å². The second kappa shape index (κ2) is 32.2. The van der Waals surface area contributed by atoms with Crippen LogP contribution in [0.3, 0.4) is 0 Å². The van der Waals surface area contributed by atoms with Gasteiger partial charge in [0.25, 0.3) is 51.2 Å². The number of benzene rings is 3. The third kappa shape index (κ3) is 19.3. The Morgan fingerprint density at radius 3 is 0.694 bits per heavy atom. The van der Waals surface area contributed by atoms with Crippen LogP contribution in [0.1, 0.15) is 73.3 Å². The van der Waals surface area contributed by atoms with Crippen molar-refractivity contribution >= 4 is 68.5 Å². The number of nitrogens with zero attached hydrogens (tertiary/aromatic N) is 15. The molecule has 444 valence electrons. The van der Waals surface area contributed by atoms with E-state index in [2.05, 4.69) is 69.0 Å². The average Bonchev–Trinajstić information content (AvgIpc) is 4.30. The first-order valence-electron chi connectivity index (χ1n) is 24.3. The van der Waals surface area contributed by atoms with E-state index in [9.17, 15) is 106 Å². The molecule has 0 aliphatic carbocycles. The fraction of sp³-hybridized carbons (Fsp3) is 0.312. The molecule has 0 spiro atoms. The summed E-state index contributed by atoms with van der Waals surface area (Å²) in [5, 5.41) is 126. The summed E-state index contributed by atoms with van der Waals surface area (Å²) in [5.74, 6) is -4.37. The summed E-state index contributed by atoms with van der Waals surface area (Å²) in [6.45, 7) is 3.67. The van der Waals surface area contributed by atoms with Gasteiger partial charge in [-0.05, 0) is 114 Å². The number of hydrogen-bond donors (Lipinski definition) is 0. The minimum atomic E-state index is -1.46. The zero-order valence-electron chi connectivity index (χ0n) is 44.8. The van der Waals surface area contributed by atoms with Gasteiger partial charge in [-0.3, -0.25) is 121 Å². The second-order valence-electron chi connectivity index (χ2n) is 18.0. The Morgan fingerprint density at radius 1 is 0.365 bits per heavy atom. The van der Waals surface area contributed by atoms with Crippen molar-refractivity contribution in [3.63, 3.8) is 0 Å². The summed E-state index contributed by atoms with van der Waals surface area (Å²) in [4.78, 5) is 102. The van der Waals surface area contributed by atoms with Crippen molar-refractivity contribution in [2.45, 2.75) is 56.7 Å². The predicted octanol–water partition coefficient (Wildman–Crippen LogP) is 6.62. The molecule has 37 heteroatoms. The molecule has 3 atom stereocenters. The summed E-state index contributed by atoms with van der Waals surface area (Å²) in [5.41, 5.74) is -5.72. The summed E-state index contributed by atoms with van der Waals surface area (Å²) >= 11 is 0. The first-order valence-corrected chi connectivity index (χ1v) is 24.3. The van der Waals surface area contributed by atoms with Gasteiger partial charge in [0.1, 0.15) is 0 Å². The van der Waals surface area contributed by atoms with E-state index in [0.717, 1.165) is 0 Å². The number of nitro groups is 9. The fourth-order valence-corrected chi connectivity index (χ4v) is 8.60. The van der Waals surface area contributed by atoms with E-state index in [1.807, 2.05) is 55.4 Å². The van der Waals surface area contributed by atoms with Gasteiger partial charge in [-0.15, -0.1) is 0 Å². The van der Waals surface area contributed by atoms with E-state index in [1.165, 1.54) is 74.8 Å². The van der Waals surface area contributed by atoms with Crippen LogP contribution in [-0.4, -0.2) is 132 Å². The number of aromatic nitrogens is 3. The first kappa shape index (κ1) is 68.8. The van der Waals surface area contributed by atoms with Crippen LogP contribution in [0, 0.1) is 91.0 Å². The first-order chi connectivity index (χ1) is 39.7. The minimum absolute atomic E-state index is 0. The third-order valence-electron chi connectivity index (χ3n) is 12.7. The molecule has 9 rings (SSSR count). The quantitative estimate of drug-likeness (QED) is 0.0705. The molecule has 6 aromatic rings. The van der Waals surface area contributed by atoms with E-state index in [-0.39, 0.29) is 17.4 Å². The minimum Gasteiger partial charge on any atom is -0.863 e. The van der Waals surface area contributed by atoms with Crippen molar-refractivity contribution in [3.8, 4) is 17.2 Å². The molecule has 3 aromatic heterocycles. The van der Waals surface area contributed by atoms with Crippen LogP contribution in [0.5, 0.6) is 17.2 Å². The average molecular weight is 1200 g/mol. The predicted molar refractivity (Wildman–Crippen MR) is 290 cm³/mol. The van der Waals surface area contributed by atoms with Gasteiger partial charge in [0, 0.05) is 55.3 Å². The van der Waals surface area contributed by atoms with Gasteiger partial charge in [-0.25, -0.2) is 0 Å². The number of rotatable bonds is 12. The molecule has 3 aliphatic rings. The molecule has 0 N–H and O–H groups in total. The van der Waals surface area contributed by atoms with Crippen molar-refractivity contribution in [3.05, 3.63) is 218 Å². The van der Waals surface area contributed by atoms with Gasteiger partial charge in [0.15, 0.2) is 0 Å². The standard InChI is InChI=1S/3C10H14N2.3C6H3N3O7.Al/c3*1-12-7-3-5-10(12)9-4-2-6-11-8-9;3*10-6-4(8(13)14)1-3(7(11)12)2-5(6)9(15)16;/h3*2,4,6,8,10H,3,5,7H2,1H3;3*1-2,10H;/q;;;;;;+3/p-3. The molecule has 3 saturated heterocycles. The number of hydrogen-bond acceptors (Lipinski definition) is 27. The molecule has 3 unspecified atom stereocenters. The van der Waals surface area contributed by atoms with Crippen LogP contribution >= 0.6 is 0 Å². The summed E-state index contributed by atoms with van der Waals surface area (Å²) < 4.78 is 0. The van der Waals surface area contributed by atoms with Crippen LogP contribution < -0.4 is 15.3 Å². The molecule has 85 heavy (non-hydrogen) atoms. The van der Waals surface area contributed by atoms with Gasteiger partial charge in [0.05, 0.1) is 98.0 Å². The summed E-state index contributed by atoms with van der Waals surface area (Å²) in [6, 6.07) is 16.7. The van der Waals surface area contributed by atoms with Crippen molar-refractivity contribution in [2.75, 3.05) is 40.8 Å². The summed E-state index contributed by atoms with van der Waals surface area (Å²) in [6.07, 6.45) is 19.2. The molecule has 0 radical (unpaired) electrons. The smallest absolute Gasteiger partial charge is 0.863 e. The van der Waals surface area contributed by atoms with Crippen LogP contribution in [0.15, 0.2) is 110 Å². The van der Waals surface area contributed by atoms with Gasteiger partial charge in [-0.1, -0.05) is 18.2 Å². The van der Waals surface area contributed by atoms with Crippen molar-refractivity contribution in [1.82, 2.24) is 29.7 Å². The second-order valence-corrected chi connectivity index (χ2v) is 18.0. The van der Waals surface area contributed by atoms with Crippen LogP contribution in [-0.2, 0) is 0 Å². The van der Waals surface area contributed by atoms with E-state index in [1.54, 1.807) is 0 Å². The molecule has 6 heterocycles. The monoisotopic (exact) mass is 1200 g/mol. The molecule has 0 amide bonds. The maximum atomic E-state index is 11.1. The normalized spacial score (nSPS) is 15.9. The molecular weight excluding hydrogens is 1150 g/mol. The van der Waals surface area contributed by atoms with E-state index in [4.69, 9.17) is 0 Å². The van der Waals surface area contributed by atoms with Gasteiger partial charge in [0.2, 0.25) is 0 Å². The molecule has 0 bridgehead atoms. The van der Waals surface area contributed by atoms with Gasteiger partial charge in [-0.2, -0.15) is 0 Å². The van der Waals surface area contributed by atoms with E-state index >= 15 is 0 Å². The maximum Gasteiger partial charge on any atom is 3.00 e. The Bertz CT molecular complexity index is 2920. The maximum absolute atomic E-state index is 11.1. The van der Waals surface area contributed by atoms with Crippen LogP contribution in [0.25, 0.3) is 0 Å². The molecule has 3 aromatic carbocycles. The molecule has 3 aliphatic heterocycles. The fourth-order valence-electron chi connectivity index (χ4n) is 8.60. The Balaban J connectivity index is 0.000000268. The van der Waals surface area contributed by atoms with Crippen LogP contribution in [0.4, 0.5) is 51.2 Å². The SMILES string of the molecule is CN1CCCC1c1cccnc1.CN1CCCC1c1cccnc1.CN1CCCC1c1cccnc1.O=[N+]([O-])c1cc([N+](=O)[O-])c([O-])c([N+](=O)[O-])c1.O=[N+]([O-])c1cc([N+](=O)[O-])c([O-])c([N+](=O)[O-])c1.O=[N+]([O-])c1cc([N+](=O)[O-])c([O-])c([N+](=O)[O-])c1.[Al+3]. The van der Waals surface area contributed by atoms with Crippen molar-refractivity contribution < 1.29 is 59.6 Å². The zero-order valence-corrected chi connectivity index (χ0v) is 46.0. The van der Waals surface area contributed by atoms with Crippen molar-refractivity contribution in [1.29, 1.82) is 0 Å². The number of likely N-dealkylation sites (tertiary alicyclic amines) is 3. The topological polar surface area (TPSA) is 506 Å². The van der Waals surface area contributed by atoms with E-state index < -0.39 is 113 Å². The van der Waals surface area contributed by atoms with Crippen LogP contribution in [0.2, 0.25) is 0 Å². The Kier molecular flexibility index (Phi) is 26.1. The van der Waals surface area contributed by atoms with Crippen molar-refractivity contribution in [2.24, 2.45) is 0 Å². The Morgan fingerprint density at radius 2 is 0.565 bits per heavy atom. The Labute approximate surface area is 488 Å². The molecule has 3 fully saturated rings. The summed E-state index contributed by atoms with van der Waals surface area (Å²) in [7, 11) is 6.56. The Hall–Kier alpha value is -10.5. The largest absolute Gasteiger partial charge is 3.00 e.